The van der Waals surface area contributed by atoms with E-state index in [9.17, 15) is 4.79 Å². The zero-order valence-corrected chi connectivity index (χ0v) is 8.45. The summed E-state index contributed by atoms with van der Waals surface area (Å²) in [6.07, 6.45) is 2.22. The van der Waals surface area contributed by atoms with Crippen molar-refractivity contribution in [3.8, 4) is 0 Å². The van der Waals surface area contributed by atoms with Gasteiger partial charge in [0.1, 0.15) is 11.5 Å². The Labute approximate surface area is 82.9 Å². The van der Waals surface area contributed by atoms with Crippen molar-refractivity contribution in [1.82, 2.24) is 9.55 Å². The Morgan fingerprint density at radius 1 is 1.71 bits per heavy atom. The molecule has 4 nitrogen and oxygen atoms in total. The second-order valence-electron chi connectivity index (χ2n) is 3.19. The predicted octanol–water partition coefficient (Wildman–Crippen LogP) is 1.86. The molecule has 0 aliphatic rings. The first-order valence-corrected chi connectivity index (χ1v) is 4.48. The number of aryl methyl sites for hydroxylation is 1. The van der Waals surface area contributed by atoms with Gasteiger partial charge in [0, 0.05) is 6.54 Å². The number of aromatic carboxylic acids is 1. The topological polar surface area (TPSA) is 55.1 Å². The first-order valence-electron chi connectivity index (χ1n) is 4.48. The van der Waals surface area contributed by atoms with Crippen LogP contribution in [0.2, 0.25) is 0 Å². The number of imidazole rings is 1. The van der Waals surface area contributed by atoms with Gasteiger partial charge in [0.05, 0.1) is 6.20 Å². The van der Waals surface area contributed by atoms with Crippen LogP contribution >= 0.6 is 0 Å². The van der Waals surface area contributed by atoms with Crippen molar-refractivity contribution in [2.45, 2.75) is 26.8 Å². The van der Waals surface area contributed by atoms with Crippen LogP contribution in [0.1, 0.15) is 29.7 Å². The number of aromatic nitrogens is 2. The fraction of sp³-hybridized carbons (Fsp3) is 0.400. The smallest absolute Gasteiger partial charge is 0.354 e. The van der Waals surface area contributed by atoms with Crippen LogP contribution in [-0.4, -0.2) is 20.6 Å². The molecule has 1 aromatic rings. The third-order valence-corrected chi connectivity index (χ3v) is 2.16. The number of hydrogen-bond acceptors (Lipinski definition) is 2. The molecular weight excluding hydrogens is 180 g/mol. The molecule has 0 atom stereocenters. The highest BCUT2D eigenvalue weighted by molar-refractivity contribution is 5.85. The van der Waals surface area contributed by atoms with Crippen LogP contribution in [-0.2, 0) is 6.54 Å². The lowest BCUT2D eigenvalue weighted by Crippen LogP contribution is -2.11. The Morgan fingerprint density at radius 2 is 2.36 bits per heavy atom. The minimum Gasteiger partial charge on any atom is -0.477 e. The van der Waals surface area contributed by atoms with Gasteiger partial charge in [-0.1, -0.05) is 19.1 Å². The minimum absolute atomic E-state index is 0.220. The molecule has 14 heavy (non-hydrogen) atoms. The molecule has 0 bridgehead atoms. The number of hydrogen-bond donors (Lipinski definition) is 1. The highest BCUT2D eigenvalue weighted by Gasteiger charge is 2.12. The van der Waals surface area contributed by atoms with Crippen molar-refractivity contribution in [1.29, 1.82) is 0 Å². The lowest BCUT2D eigenvalue weighted by atomic mass is 10.2. The standard InChI is InChI=1S/C10H14N2O2/c1-4-7(2)6-12-8(3)11-5-9(12)10(13)14/h5H,2,4,6H2,1,3H3,(H,13,14). The van der Waals surface area contributed by atoms with E-state index in [2.05, 4.69) is 11.6 Å². The summed E-state index contributed by atoms with van der Waals surface area (Å²) in [4.78, 5) is 14.8. The molecule has 4 heteroatoms. The van der Waals surface area contributed by atoms with Crippen LogP contribution in [0.15, 0.2) is 18.3 Å². The van der Waals surface area contributed by atoms with E-state index in [1.807, 2.05) is 6.92 Å². The van der Waals surface area contributed by atoms with E-state index in [1.165, 1.54) is 6.20 Å². The monoisotopic (exact) mass is 194 g/mol. The molecule has 1 aromatic heterocycles. The summed E-state index contributed by atoms with van der Waals surface area (Å²) in [7, 11) is 0. The third kappa shape index (κ3) is 2.02. The largest absolute Gasteiger partial charge is 0.477 e. The Kier molecular flexibility index (Phi) is 3.06. The number of rotatable bonds is 4. The van der Waals surface area contributed by atoms with Gasteiger partial charge in [-0.05, 0) is 13.3 Å². The summed E-state index contributed by atoms with van der Waals surface area (Å²) < 4.78 is 1.66. The van der Waals surface area contributed by atoms with Gasteiger partial charge in [-0.15, -0.1) is 0 Å². The second-order valence-corrected chi connectivity index (χ2v) is 3.19. The van der Waals surface area contributed by atoms with Crippen LogP contribution < -0.4 is 0 Å². The maximum absolute atomic E-state index is 10.8. The van der Waals surface area contributed by atoms with E-state index in [0.717, 1.165) is 12.0 Å². The zero-order chi connectivity index (χ0) is 10.7. The van der Waals surface area contributed by atoms with Crippen molar-refractivity contribution >= 4 is 5.97 Å². The van der Waals surface area contributed by atoms with Crippen molar-refractivity contribution < 1.29 is 9.90 Å². The molecule has 0 spiro atoms. The maximum atomic E-state index is 10.8. The molecule has 0 aromatic carbocycles. The molecule has 0 radical (unpaired) electrons. The SMILES string of the molecule is C=C(CC)Cn1c(C(=O)O)cnc1C. The molecule has 0 saturated heterocycles. The summed E-state index contributed by atoms with van der Waals surface area (Å²) in [5, 5.41) is 8.87. The van der Waals surface area contributed by atoms with Gasteiger partial charge in [-0.3, -0.25) is 0 Å². The average molecular weight is 194 g/mol. The van der Waals surface area contributed by atoms with Crippen molar-refractivity contribution in [3.05, 3.63) is 29.9 Å². The lowest BCUT2D eigenvalue weighted by Gasteiger charge is -2.08. The highest BCUT2D eigenvalue weighted by Crippen LogP contribution is 2.09. The van der Waals surface area contributed by atoms with E-state index >= 15 is 0 Å². The summed E-state index contributed by atoms with van der Waals surface area (Å²) in [6, 6.07) is 0. The Hall–Kier alpha value is -1.58. The van der Waals surface area contributed by atoms with Crippen molar-refractivity contribution in [3.63, 3.8) is 0 Å². The molecular formula is C10H14N2O2. The number of allylic oxidation sites excluding steroid dienone is 1. The van der Waals surface area contributed by atoms with Gasteiger partial charge < -0.3 is 9.67 Å². The number of carboxylic acids is 1. The van der Waals surface area contributed by atoms with Gasteiger partial charge in [0.25, 0.3) is 0 Å². The first kappa shape index (κ1) is 10.5. The highest BCUT2D eigenvalue weighted by atomic mass is 16.4. The van der Waals surface area contributed by atoms with Crippen LogP contribution in [0.3, 0.4) is 0 Å². The van der Waals surface area contributed by atoms with Crippen molar-refractivity contribution in [2.75, 3.05) is 0 Å². The summed E-state index contributed by atoms with van der Waals surface area (Å²) in [5.41, 5.74) is 1.21. The molecule has 0 unspecified atom stereocenters. The van der Waals surface area contributed by atoms with Gasteiger partial charge in [0.15, 0.2) is 0 Å². The summed E-state index contributed by atoms with van der Waals surface area (Å²) >= 11 is 0. The van der Waals surface area contributed by atoms with Crippen molar-refractivity contribution in [2.24, 2.45) is 0 Å². The zero-order valence-electron chi connectivity index (χ0n) is 8.45. The van der Waals surface area contributed by atoms with Gasteiger partial charge in [-0.2, -0.15) is 0 Å². The fourth-order valence-electron chi connectivity index (χ4n) is 1.17. The first-order chi connectivity index (χ1) is 6.56. The fourth-order valence-corrected chi connectivity index (χ4v) is 1.17. The molecule has 0 fully saturated rings. The molecule has 76 valence electrons. The molecule has 0 saturated carbocycles. The third-order valence-electron chi connectivity index (χ3n) is 2.16. The minimum atomic E-state index is -0.950. The van der Waals surface area contributed by atoms with Gasteiger partial charge in [0.2, 0.25) is 0 Å². The molecule has 1 heterocycles. The molecule has 1 N–H and O–H groups in total. The Bertz CT molecular complexity index is 366. The van der Waals surface area contributed by atoms with Gasteiger partial charge in [-0.25, -0.2) is 9.78 Å². The van der Waals surface area contributed by atoms with Crippen LogP contribution in [0.5, 0.6) is 0 Å². The van der Waals surface area contributed by atoms with Crippen LogP contribution in [0.25, 0.3) is 0 Å². The van der Waals surface area contributed by atoms with Crippen LogP contribution in [0.4, 0.5) is 0 Å². The molecule has 0 amide bonds. The summed E-state index contributed by atoms with van der Waals surface area (Å²) in [5.74, 6) is -0.244. The second kappa shape index (κ2) is 4.09. The van der Waals surface area contributed by atoms with E-state index in [1.54, 1.807) is 11.5 Å². The Balaban J connectivity index is 2.99. The number of carbonyl (C=O) groups is 1. The predicted molar refractivity (Wildman–Crippen MR) is 53.4 cm³/mol. The molecule has 0 aliphatic heterocycles. The number of nitrogens with zero attached hydrogens (tertiary/aromatic N) is 2. The Morgan fingerprint density at radius 3 is 2.86 bits per heavy atom. The van der Waals surface area contributed by atoms with Gasteiger partial charge >= 0.3 is 5.97 Å². The lowest BCUT2D eigenvalue weighted by molar-refractivity contribution is 0.0685. The van der Waals surface area contributed by atoms with E-state index in [4.69, 9.17) is 5.11 Å². The normalized spacial score (nSPS) is 10.1. The number of carboxylic acid groups (broad SMARTS) is 1. The quantitative estimate of drug-likeness (QED) is 0.744. The van der Waals surface area contributed by atoms with Crippen LogP contribution in [0, 0.1) is 6.92 Å². The van der Waals surface area contributed by atoms with E-state index in [0.29, 0.717) is 12.4 Å². The molecule has 0 aliphatic carbocycles. The van der Waals surface area contributed by atoms with E-state index < -0.39 is 5.97 Å². The molecule has 1 rings (SSSR count). The maximum Gasteiger partial charge on any atom is 0.354 e. The van der Waals surface area contributed by atoms with E-state index in [-0.39, 0.29) is 5.69 Å². The average Bonchev–Trinajstić information content (AvgIpc) is 2.48. The summed E-state index contributed by atoms with van der Waals surface area (Å²) in [6.45, 7) is 8.16.